The van der Waals surface area contributed by atoms with Crippen LogP contribution in [0.1, 0.15) is 17.9 Å². The Morgan fingerprint density at radius 3 is 2.90 bits per heavy atom. The molecular formula is C15H16N2O3. The number of carbonyl (C=O) groups excluding carboxylic acids is 1. The second kappa shape index (κ2) is 6.11. The molecule has 1 aliphatic heterocycles. The van der Waals surface area contributed by atoms with Gasteiger partial charge in [0, 0.05) is 12.2 Å². The van der Waals surface area contributed by atoms with Crippen molar-refractivity contribution in [1.82, 2.24) is 4.90 Å². The van der Waals surface area contributed by atoms with Crippen LogP contribution in [0.3, 0.4) is 0 Å². The summed E-state index contributed by atoms with van der Waals surface area (Å²) in [5.41, 5.74) is 1.82. The number of fused-ring (bicyclic) bond motifs is 1. The first kappa shape index (κ1) is 13.9. The maximum absolute atomic E-state index is 12.5. The van der Waals surface area contributed by atoms with Crippen molar-refractivity contribution in [3.05, 3.63) is 29.8 Å². The molecule has 0 spiro atoms. The molecule has 104 valence electrons. The molecule has 0 radical (unpaired) electrons. The van der Waals surface area contributed by atoms with Crippen LogP contribution in [0, 0.1) is 12.3 Å². The highest BCUT2D eigenvalue weighted by molar-refractivity contribution is 5.89. The van der Waals surface area contributed by atoms with E-state index in [9.17, 15) is 9.59 Å². The van der Waals surface area contributed by atoms with Gasteiger partial charge in [-0.15, -0.1) is 6.42 Å². The quantitative estimate of drug-likeness (QED) is 0.806. The van der Waals surface area contributed by atoms with Crippen molar-refractivity contribution >= 4 is 17.6 Å². The standard InChI is InChI=1S/C15H16N2O3/c1-2-9-17(10-14(18)19)15(20)12-7-8-16-13-6-4-3-5-11(12)13/h1,3-6,12,16H,7-10H2,(H,18,19). The van der Waals surface area contributed by atoms with Crippen LogP contribution in [0.2, 0.25) is 0 Å². The summed E-state index contributed by atoms with van der Waals surface area (Å²) in [5, 5.41) is 12.1. The van der Waals surface area contributed by atoms with Gasteiger partial charge in [-0.25, -0.2) is 0 Å². The number of anilines is 1. The number of rotatable bonds is 4. The summed E-state index contributed by atoms with van der Waals surface area (Å²) in [6.45, 7) is 0.330. The Balaban J connectivity index is 2.24. The number of carboxylic acids is 1. The lowest BCUT2D eigenvalue weighted by Crippen LogP contribution is -2.40. The van der Waals surface area contributed by atoms with Gasteiger partial charge in [-0.2, -0.15) is 0 Å². The van der Waals surface area contributed by atoms with Gasteiger partial charge in [-0.05, 0) is 18.1 Å². The van der Waals surface area contributed by atoms with Gasteiger partial charge in [0.15, 0.2) is 0 Å². The molecule has 1 heterocycles. The third-order valence-electron chi connectivity index (χ3n) is 3.30. The lowest BCUT2D eigenvalue weighted by atomic mass is 9.90. The number of nitrogens with zero attached hydrogens (tertiary/aromatic N) is 1. The normalized spacial score (nSPS) is 16.4. The minimum absolute atomic E-state index is 0.0111. The van der Waals surface area contributed by atoms with Crippen LogP contribution < -0.4 is 5.32 Å². The average Bonchev–Trinajstić information content (AvgIpc) is 2.45. The van der Waals surface area contributed by atoms with Gasteiger partial charge in [0.25, 0.3) is 0 Å². The van der Waals surface area contributed by atoms with Gasteiger partial charge in [-0.3, -0.25) is 9.59 Å². The van der Waals surface area contributed by atoms with Crippen LogP contribution in [-0.2, 0) is 9.59 Å². The zero-order chi connectivity index (χ0) is 14.5. The Morgan fingerprint density at radius 2 is 2.20 bits per heavy atom. The summed E-state index contributed by atoms with van der Waals surface area (Å²) in [5.74, 6) is 0.728. The lowest BCUT2D eigenvalue weighted by molar-refractivity contribution is -0.144. The highest BCUT2D eigenvalue weighted by atomic mass is 16.4. The summed E-state index contributed by atoms with van der Waals surface area (Å²) in [7, 11) is 0. The molecule has 0 aromatic heterocycles. The van der Waals surface area contributed by atoms with Gasteiger partial charge < -0.3 is 15.3 Å². The number of para-hydroxylation sites is 1. The average molecular weight is 272 g/mol. The fourth-order valence-corrected chi connectivity index (χ4v) is 2.43. The predicted molar refractivity (Wildman–Crippen MR) is 75.3 cm³/mol. The second-order valence-corrected chi connectivity index (χ2v) is 4.65. The molecule has 1 aromatic carbocycles. The van der Waals surface area contributed by atoms with E-state index >= 15 is 0 Å². The summed E-state index contributed by atoms with van der Waals surface area (Å²) >= 11 is 0. The van der Waals surface area contributed by atoms with Crippen molar-refractivity contribution in [3.8, 4) is 12.3 Å². The van der Waals surface area contributed by atoms with E-state index in [-0.39, 0.29) is 24.9 Å². The number of hydrogen-bond acceptors (Lipinski definition) is 3. The summed E-state index contributed by atoms with van der Waals surface area (Å²) in [6.07, 6.45) is 5.85. The van der Waals surface area contributed by atoms with Gasteiger partial charge >= 0.3 is 5.97 Å². The zero-order valence-electron chi connectivity index (χ0n) is 11.0. The van der Waals surface area contributed by atoms with E-state index < -0.39 is 5.97 Å². The van der Waals surface area contributed by atoms with Gasteiger partial charge in [-0.1, -0.05) is 24.1 Å². The van der Waals surface area contributed by atoms with Crippen molar-refractivity contribution < 1.29 is 14.7 Å². The molecule has 2 N–H and O–H groups in total. The topological polar surface area (TPSA) is 69.6 Å². The van der Waals surface area contributed by atoms with Crippen LogP contribution in [0.15, 0.2) is 24.3 Å². The largest absolute Gasteiger partial charge is 0.480 e. The first-order chi connectivity index (χ1) is 9.63. The maximum atomic E-state index is 12.5. The molecule has 0 bridgehead atoms. The molecule has 0 saturated heterocycles. The highest BCUT2D eigenvalue weighted by Crippen LogP contribution is 2.32. The van der Waals surface area contributed by atoms with E-state index in [0.29, 0.717) is 13.0 Å². The van der Waals surface area contributed by atoms with E-state index in [0.717, 1.165) is 11.3 Å². The van der Waals surface area contributed by atoms with Crippen LogP contribution in [-0.4, -0.2) is 41.5 Å². The van der Waals surface area contributed by atoms with Gasteiger partial charge in [0.1, 0.15) is 6.54 Å². The number of aliphatic carboxylic acids is 1. The Morgan fingerprint density at radius 1 is 1.45 bits per heavy atom. The number of carbonyl (C=O) groups is 2. The number of amides is 1. The molecule has 1 amide bonds. The van der Waals surface area contributed by atoms with E-state index in [1.807, 2.05) is 24.3 Å². The van der Waals surface area contributed by atoms with Crippen molar-refractivity contribution in [1.29, 1.82) is 0 Å². The molecule has 20 heavy (non-hydrogen) atoms. The monoisotopic (exact) mass is 272 g/mol. The Hall–Kier alpha value is -2.48. The number of carboxylic acid groups (broad SMARTS) is 1. The molecule has 0 fully saturated rings. The Labute approximate surface area is 117 Å². The molecule has 1 atom stereocenters. The van der Waals surface area contributed by atoms with Crippen molar-refractivity contribution in [2.45, 2.75) is 12.3 Å². The molecule has 1 aliphatic rings. The van der Waals surface area contributed by atoms with Crippen molar-refractivity contribution in [2.75, 3.05) is 25.0 Å². The maximum Gasteiger partial charge on any atom is 0.323 e. The minimum Gasteiger partial charge on any atom is -0.480 e. The van der Waals surface area contributed by atoms with Crippen molar-refractivity contribution in [2.24, 2.45) is 0 Å². The lowest BCUT2D eigenvalue weighted by Gasteiger charge is -2.29. The molecule has 0 saturated carbocycles. The van der Waals surface area contributed by atoms with E-state index in [2.05, 4.69) is 11.2 Å². The van der Waals surface area contributed by atoms with Gasteiger partial charge in [0.05, 0.1) is 12.5 Å². The van der Waals surface area contributed by atoms with Crippen LogP contribution >= 0.6 is 0 Å². The Bertz CT molecular complexity index is 562. The summed E-state index contributed by atoms with van der Waals surface area (Å²) in [6, 6.07) is 7.57. The number of nitrogens with one attached hydrogen (secondary N) is 1. The number of terminal acetylenes is 1. The molecular weight excluding hydrogens is 256 g/mol. The second-order valence-electron chi connectivity index (χ2n) is 4.65. The predicted octanol–water partition coefficient (Wildman–Crippen LogP) is 1.13. The van der Waals surface area contributed by atoms with Crippen LogP contribution in [0.5, 0.6) is 0 Å². The van der Waals surface area contributed by atoms with Gasteiger partial charge in [0.2, 0.25) is 5.91 Å². The minimum atomic E-state index is -1.06. The smallest absolute Gasteiger partial charge is 0.323 e. The first-order valence-corrected chi connectivity index (χ1v) is 6.40. The number of hydrogen-bond donors (Lipinski definition) is 2. The SMILES string of the molecule is C#CCN(CC(=O)O)C(=O)C1CCNc2ccccc21. The third kappa shape index (κ3) is 2.91. The van der Waals surface area contributed by atoms with Crippen molar-refractivity contribution in [3.63, 3.8) is 0 Å². The summed E-state index contributed by atoms with van der Waals surface area (Å²) in [4.78, 5) is 24.6. The Kier molecular flexibility index (Phi) is 4.26. The zero-order valence-corrected chi connectivity index (χ0v) is 11.0. The van der Waals surface area contributed by atoms with E-state index in [1.165, 1.54) is 4.90 Å². The van der Waals surface area contributed by atoms with E-state index in [1.54, 1.807) is 0 Å². The molecule has 1 unspecified atom stereocenters. The fourth-order valence-electron chi connectivity index (χ4n) is 2.43. The fraction of sp³-hybridized carbons (Fsp3) is 0.333. The van der Waals surface area contributed by atoms with E-state index in [4.69, 9.17) is 11.5 Å². The van der Waals surface area contributed by atoms with Crippen LogP contribution in [0.25, 0.3) is 0 Å². The molecule has 1 aromatic rings. The molecule has 2 rings (SSSR count). The third-order valence-corrected chi connectivity index (χ3v) is 3.30. The van der Waals surface area contributed by atoms with Crippen LogP contribution in [0.4, 0.5) is 5.69 Å². The number of benzene rings is 1. The molecule has 0 aliphatic carbocycles. The molecule has 5 nitrogen and oxygen atoms in total. The highest BCUT2D eigenvalue weighted by Gasteiger charge is 2.30. The molecule has 5 heteroatoms. The first-order valence-electron chi connectivity index (χ1n) is 6.40. The summed E-state index contributed by atoms with van der Waals surface area (Å²) < 4.78 is 0.